The summed E-state index contributed by atoms with van der Waals surface area (Å²) in [5.74, 6) is 2.30. The zero-order valence-electron chi connectivity index (χ0n) is 19.6. The third kappa shape index (κ3) is 2.95. The van der Waals surface area contributed by atoms with Gasteiger partial charge in [-0.3, -0.25) is 9.69 Å². The number of nitrogens with zero attached hydrogens (tertiary/aromatic N) is 2. The van der Waals surface area contributed by atoms with Gasteiger partial charge in [0.25, 0.3) is 0 Å². The van der Waals surface area contributed by atoms with Crippen LogP contribution in [-0.2, 0) is 14.3 Å². The monoisotopic (exact) mass is 440 g/mol. The number of carbonyl (C=O) groups is 1. The minimum atomic E-state index is -0.369. The van der Waals surface area contributed by atoms with Crippen LogP contribution in [0.15, 0.2) is 24.3 Å². The zero-order valence-corrected chi connectivity index (χ0v) is 19.6. The third-order valence-electron chi connectivity index (χ3n) is 9.34. The molecule has 6 rings (SSSR count). The molecule has 6 nitrogen and oxygen atoms in total. The lowest BCUT2D eigenvalue weighted by Gasteiger charge is -2.50. The first-order chi connectivity index (χ1) is 15.5. The highest BCUT2D eigenvalue weighted by Crippen LogP contribution is 2.66. The Morgan fingerprint density at radius 1 is 1.09 bits per heavy atom. The van der Waals surface area contributed by atoms with Gasteiger partial charge in [-0.1, -0.05) is 19.1 Å². The van der Waals surface area contributed by atoms with Crippen molar-refractivity contribution in [3.63, 3.8) is 0 Å². The molecule has 0 amide bonds. The minimum absolute atomic E-state index is 0.0191. The van der Waals surface area contributed by atoms with Crippen molar-refractivity contribution >= 4 is 11.7 Å². The number of benzene rings is 1. The van der Waals surface area contributed by atoms with E-state index >= 15 is 0 Å². The van der Waals surface area contributed by atoms with Gasteiger partial charge in [-0.2, -0.15) is 0 Å². The standard InChI is InChI=1S/C26H36N2O4/c1-17-8-9-20-18(23(29)31-26(20)19(17)10-11-25(2)24(26)32-25)16-27-12-14-28(15-13-27)21-6-4-5-7-22(21)30-3/h4-7,17-20,24H,8-16H2,1-3H3/t17-,18+,19-,20-,24+,25+,26+/m1/s1. The van der Waals surface area contributed by atoms with E-state index in [0.717, 1.165) is 63.4 Å². The van der Waals surface area contributed by atoms with Crippen molar-refractivity contribution in [1.29, 1.82) is 0 Å². The van der Waals surface area contributed by atoms with Crippen LogP contribution in [0.1, 0.15) is 39.5 Å². The third-order valence-corrected chi connectivity index (χ3v) is 9.34. The van der Waals surface area contributed by atoms with Crippen LogP contribution < -0.4 is 9.64 Å². The molecule has 1 aromatic rings. The van der Waals surface area contributed by atoms with Crippen LogP contribution in [0, 0.1) is 23.7 Å². The lowest BCUT2D eigenvalue weighted by molar-refractivity contribution is -0.168. The second-order valence-corrected chi connectivity index (χ2v) is 11.0. The molecular formula is C26H36N2O4. The number of methoxy groups -OCH3 is 1. The van der Waals surface area contributed by atoms with Crippen molar-refractivity contribution in [1.82, 2.24) is 4.90 Å². The molecule has 0 radical (unpaired) electrons. The van der Waals surface area contributed by atoms with E-state index in [9.17, 15) is 4.79 Å². The van der Waals surface area contributed by atoms with Gasteiger partial charge >= 0.3 is 5.97 Å². The lowest BCUT2D eigenvalue weighted by atomic mass is 9.55. The molecule has 174 valence electrons. The number of carbonyl (C=O) groups excluding carboxylic acids is 1. The van der Waals surface area contributed by atoms with E-state index in [4.69, 9.17) is 14.2 Å². The Kier molecular flexibility index (Phi) is 4.78. The van der Waals surface area contributed by atoms with Gasteiger partial charge in [0.05, 0.1) is 24.3 Å². The smallest absolute Gasteiger partial charge is 0.311 e. The van der Waals surface area contributed by atoms with E-state index in [-0.39, 0.29) is 29.2 Å². The SMILES string of the molecule is COc1ccccc1N1CCN(C[C@@H]2C(=O)O[C@]34[C@H](CC[C@]5(C)O[C@H]35)[C@H](C)CC[C@H]24)CC1. The number of rotatable bonds is 4. The summed E-state index contributed by atoms with van der Waals surface area (Å²) in [5.41, 5.74) is 0.720. The second kappa shape index (κ2) is 7.36. The molecule has 2 saturated carbocycles. The molecule has 7 atom stereocenters. The summed E-state index contributed by atoms with van der Waals surface area (Å²) in [6.45, 7) is 9.19. The first-order valence-electron chi connectivity index (χ1n) is 12.5. The van der Waals surface area contributed by atoms with Gasteiger partial charge in [0.2, 0.25) is 0 Å². The van der Waals surface area contributed by atoms with E-state index in [2.05, 4.69) is 35.8 Å². The average Bonchev–Trinajstić information content (AvgIpc) is 3.44. The van der Waals surface area contributed by atoms with E-state index < -0.39 is 0 Å². The molecule has 0 unspecified atom stereocenters. The number of epoxide rings is 1. The van der Waals surface area contributed by atoms with Gasteiger partial charge < -0.3 is 19.1 Å². The fraction of sp³-hybridized carbons (Fsp3) is 0.731. The number of piperazine rings is 1. The highest BCUT2D eigenvalue weighted by molar-refractivity contribution is 5.77. The lowest BCUT2D eigenvalue weighted by Crippen LogP contribution is -2.58. The van der Waals surface area contributed by atoms with Crippen molar-refractivity contribution in [2.75, 3.05) is 44.7 Å². The van der Waals surface area contributed by atoms with E-state index in [1.54, 1.807) is 7.11 Å². The van der Waals surface area contributed by atoms with E-state index in [1.807, 2.05) is 12.1 Å². The number of anilines is 1. The normalized spacial score (nSPS) is 43.2. The molecule has 5 aliphatic rings. The van der Waals surface area contributed by atoms with Gasteiger partial charge in [-0.05, 0) is 50.7 Å². The zero-order chi connectivity index (χ0) is 22.1. The maximum absolute atomic E-state index is 13.3. The molecular weight excluding hydrogens is 404 g/mol. The van der Waals surface area contributed by atoms with Crippen LogP contribution >= 0.6 is 0 Å². The predicted octanol–water partition coefficient (Wildman–Crippen LogP) is 3.34. The van der Waals surface area contributed by atoms with Crippen LogP contribution in [0.3, 0.4) is 0 Å². The minimum Gasteiger partial charge on any atom is -0.495 e. The van der Waals surface area contributed by atoms with Crippen molar-refractivity contribution in [2.24, 2.45) is 23.7 Å². The van der Waals surface area contributed by atoms with Crippen LogP contribution in [-0.4, -0.2) is 68.0 Å². The molecule has 2 aliphatic carbocycles. The maximum Gasteiger partial charge on any atom is 0.311 e. The van der Waals surface area contributed by atoms with Gasteiger partial charge in [-0.15, -0.1) is 0 Å². The Balaban J connectivity index is 1.17. The Labute approximate surface area is 191 Å². The van der Waals surface area contributed by atoms with E-state index in [0.29, 0.717) is 17.8 Å². The van der Waals surface area contributed by atoms with Crippen LogP contribution in [0.5, 0.6) is 5.75 Å². The number of ether oxygens (including phenoxy) is 3. The maximum atomic E-state index is 13.3. The van der Waals surface area contributed by atoms with Crippen molar-refractivity contribution in [2.45, 2.75) is 56.8 Å². The van der Waals surface area contributed by atoms with Gasteiger partial charge in [0.15, 0.2) is 0 Å². The number of fused-ring (bicyclic) bond motifs is 1. The first-order valence-corrected chi connectivity index (χ1v) is 12.5. The largest absolute Gasteiger partial charge is 0.495 e. The average molecular weight is 441 g/mol. The van der Waals surface area contributed by atoms with Crippen molar-refractivity contribution in [3.8, 4) is 5.75 Å². The molecule has 0 bridgehead atoms. The molecule has 3 aliphatic heterocycles. The van der Waals surface area contributed by atoms with Crippen LogP contribution in [0.2, 0.25) is 0 Å². The van der Waals surface area contributed by atoms with Gasteiger partial charge in [-0.25, -0.2) is 0 Å². The fourth-order valence-electron chi connectivity index (χ4n) is 7.60. The number of esters is 1. The highest BCUT2D eigenvalue weighted by Gasteiger charge is 2.77. The Morgan fingerprint density at radius 3 is 2.66 bits per heavy atom. The van der Waals surface area contributed by atoms with E-state index in [1.165, 1.54) is 6.42 Å². The van der Waals surface area contributed by atoms with Crippen molar-refractivity contribution < 1.29 is 19.0 Å². The Morgan fingerprint density at radius 2 is 1.88 bits per heavy atom. The number of para-hydroxylation sites is 2. The first kappa shape index (κ1) is 20.8. The summed E-state index contributed by atoms with van der Waals surface area (Å²) in [7, 11) is 1.73. The summed E-state index contributed by atoms with van der Waals surface area (Å²) in [6, 6.07) is 8.23. The summed E-state index contributed by atoms with van der Waals surface area (Å²) in [5, 5.41) is 0. The van der Waals surface area contributed by atoms with Crippen LogP contribution in [0.25, 0.3) is 0 Å². The molecule has 1 aromatic carbocycles. The molecule has 0 aromatic heterocycles. The highest BCUT2D eigenvalue weighted by atomic mass is 16.7. The molecule has 6 heteroatoms. The van der Waals surface area contributed by atoms with Crippen molar-refractivity contribution in [3.05, 3.63) is 24.3 Å². The van der Waals surface area contributed by atoms with Gasteiger partial charge in [0, 0.05) is 44.6 Å². The summed E-state index contributed by atoms with van der Waals surface area (Å²) < 4.78 is 18.2. The number of hydrogen-bond donors (Lipinski definition) is 0. The molecule has 3 saturated heterocycles. The Bertz CT molecular complexity index is 900. The van der Waals surface area contributed by atoms with Gasteiger partial charge in [0.1, 0.15) is 17.5 Å². The molecule has 1 spiro atoms. The molecule has 5 fully saturated rings. The fourth-order valence-corrected chi connectivity index (χ4v) is 7.60. The predicted molar refractivity (Wildman–Crippen MR) is 122 cm³/mol. The summed E-state index contributed by atoms with van der Waals surface area (Å²) in [6.07, 6.45) is 4.63. The number of hydrogen-bond acceptors (Lipinski definition) is 6. The molecule has 0 N–H and O–H groups in total. The van der Waals surface area contributed by atoms with Crippen LogP contribution in [0.4, 0.5) is 5.69 Å². The molecule has 32 heavy (non-hydrogen) atoms. The summed E-state index contributed by atoms with van der Waals surface area (Å²) in [4.78, 5) is 18.1. The molecule has 3 heterocycles. The summed E-state index contributed by atoms with van der Waals surface area (Å²) >= 11 is 0. The Hall–Kier alpha value is -1.79. The second-order valence-electron chi connectivity index (χ2n) is 11.0. The topological polar surface area (TPSA) is 54.5 Å². The quantitative estimate of drug-likeness (QED) is 0.529.